The van der Waals surface area contributed by atoms with Gasteiger partial charge in [0.2, 0.25) is 0 Å². The summed E-state index contributed by atoms with van der Waals surface area (Å²) in [5.74, 6) is -0.847. The number of rotatable bonds is 9. The number of carbonyl (C=O) groups excluding carboxylic acids is 1. The molecule has 0 aliphatic rings. The van der Waals surface area contributed by atoms with Crippen molar-refractivity contribution >= 4 is 23.7 Å². The Labute approximate surface area is 162 Å². The van der Waals surface area contributed by atoms with Gasteiger partial charge in [-0.3, -0.25) is 4.79 Å². The highest BCUT2D eigenvalue weighted by molar-refractivity contribution is 7.99. The van der Waals surface area contributed by atoms with Crippen LogP contribution in [0.15, 0.2) is 35.2 Å². The molecule has 0 amide bonds. The number of benzene rings is 1. The standard InChI is InChI=1S/C18H24N4O4S/c1-18(2,3)26-15(23)12-19-11-14-16(17(24)25)21-22(20-14)9-10-27-13-7-5-4-6-8-13/h4-8,19H,9-12H2,1-3H3,(H,24,25). The van der Waals surface area contributed by atoms with Gasteiger partial charge in [-0.05, 0) is 32.9 Å². The largest absolute Gasteiger partial charge is 0.476 e. The Morgan fingerprint density at radius 1 is 1.22 bits per heavy atom. The summed E-state index contributed by atoms with van der Waals surface area (Å²) in [6, 6.07) is 9.90. The normalized spacial score (nSPS) is 11.4. The smallest absolute Gasteiger partial charge is 0.358 e. The number of thioether (sulfide) groups is 1. The molecular weight excluding hydrogens is 368 g/mol. The number of nitrogens with one attached hydrogen (secondary N) is 1. The lowest BCUT2D eigenvalue weighted by atomic mass is 10.2. The van der Waals surface area contributed by atoms with Crippen LogP contribution in [0, 0.1) is 0 Å². The molecule has 0 saturated heterocycles. The Morgan fingerprint density at radius 3 is 2.56 bits per heavy atom. The number of aryl methyl sites for hydroxylation is 1. The van der Waals surface area contributed by atoms with Crippen LogP contribution in [0.2, 0.25) is 0 Å². The van der Waals surface area contributed by atoms with Crippen molar-refractivity contribution in [3.63, 3.8) is 0 Å². The summed E-state index contributed by atoms with van der Waals surface area (Å²) in [6.45, 7) is 5.91. The maximum absolute atomic E-state index is 11.7. The minimum absolute atomic E-state index is 0.0347. The number of aromatic carboxylic acids is 1. The van der Waals surface area contributed by atoms with Crippen molar-refractivity contribution < 1.29 is 19.4 Å². The van der Waals surface area contributed by atoms with E-state index in [1.165, 1.54) is 4.80 Å². The third-order valence-corrected chi connectivity index (χ3v) is 4.20. The molecule has 1 aromatic carbocycles. The summed E-state index contributed by atoms with van der Waals surface area (Å²) in [4.78, 5) is 25.6. The van der Waals surface area contributed by atoms with Gasteiger partial charge in [0.1, 0.15) is 11.3 Å². The van der Waals surface area contributed by atoms with E-state index in [0.717, 1.165) is 4.90 Å². The van der Waals surface area contributed by atoms with E-state index in [9.17, 15) is 14.7 Å². The van der Waals surface area contributed by atoms with Gasteiger partial charge in [-0.2, -0.15) is 9.90 Å². The van der Waals surface area contributed by atoms with Crippen LogP contribution >= 0.6 is 11.8 Å². The summed E-state index contributed by atoms with van der Waals surface area (Å²) >= 11 is 1.64. The van der Waals surface area contributed by atoms with Gasteiger partial charge in [0.05, 0.1) is 13.1 Å². The minimum Gasteiger partial charge on any atom is -0.476 e. The average Bonchev–Trinajstić information content (AvgIpc) is 2.97. The fourth-order valence-corrected chi connectivity index (χ4v) is 3.03. The second kappa shape index (κ2) is 9.52. The lowest BCUT2D eigenvalue weighted by Crippen LogP contribution is -2.31. The van der Waals surface area contributed by atoms with E-state index in [0.29, 0.717) is 12.3 Å². The SMILES string of the molecule is CC(C)(C)OC(=O)CNCc1nn(CCSc2ccccc2)nc1C(=O)O. The number of hydrogen-bond donors (Lipinski definition) is 2. The Balaban J connectivity index is 1.88. The number of hydrogen-bond acceptors (Lipinski definition) is 7. The molecule has 0 saturated carbocycles. The predicted octanol–water partition coefficient (Wildman–Crippen LogP) is 2.20. The van der Waals surface area contributed by atoms with Gasteiger partial charge < -0.3 is 15.2 Å². The maximum atomic E-state index is 11.7. The van der Waals surface area contributed by atoms with Crippen molar-refractivity contribution in [3.05, 3.63) is 41.7 Å². The van der Waals surface area contributed by atoms with E-state index in [-0.39, 0.29) is 24.5 Å². The monoisotopic (exact) mass is 392 g/mol. The fourth-order valence-electron chi connectivity index (χ4n) is 2.19. The van der Waals surface area contributed by atoms with Crippen LogP contribution in [0.5, 0.6) is 0 Å². The molecule has 2 N–H and O–H groups in total. The highest BCUT2D eigenvalue weighted by Crippen LogP contribution is 2.17. The highest BCUT2D eigenvalue weighted by atomic mass is 32.2. The maximum Gasteiger partial charge on any atom is 0.358 e. The molecule has 9 heteroatoms. The third kappa shape index (κ3) is 7.40. The third-order valence-electron chi connectivity index (χ3n) is 3.21. The van der Waals surface area contributed by atoms with Crippen molar-refractivity contribution in [1.29, 1.82) is 0 Å². The van der Waals surface area contributed by atoms with Crippen molar-refractivity contribution in [2.75, 3.05) is 12.3 Å². The molecule has 0 aliphatic heterocycles. The Morgan fingerprint density at radius 2 is 1.93 bits per heavy atom. The van der Waals surface area contributed by atoms with Crippen LogP contribution in [-0.4, -0.2) is 49.9 Å². The van der Waals surface area contributed by atoms with Gasteiger partial charge in [0, 0.05) is 17.2 Å². The molecule has 2 aromatic rings. The molecule has 0 aliphatic carbocycles. The zero-order valence-corrected chi connectivity index (χ0v) is 16.5. The topological polar surface area (TPSA) is 106 Å². The van der Waals surface area contributed by atoms with E-state index in [2.05, 4.69) is 15.5 Å². The number of carbonyl (C=O) groups is 2. The Kier molecular flexibility index (Phi) is 7.37. The first-order chi connectivity index (χ1) is 12.7. The molecule has 0 spiro atoms. The lowest BCUT2D eigenvalue weighted by molar-refractivity contribution is -0.153. The Hall–Kier alpha value is -2.39. The molecule has 1 aromatic heterocycles. The minimum atomic E-state index is -1.15. The van der Waals surface area contributed by atoms with Gasteiger partial charge in [0.15, 0.2) is 5.69 Å². The van der Waals surface area contributed by atoms with E-state index in [1.54, 1.807) is 32.5 Å². The van der Waals surface area contributed by atoms with Gasteiger partial charge >= 0.3 is 11.9 Å². The van der Waals surface area contributed by atoms with Crippen LogP contribution in [0.4, 0.5) is 0 Å². The number of ether oxygens (including phenoxy) is 1. The van der Waals surface area contributed by atoms with Crippen LogP contribution in [0.3, 0.4) is 0 Å². The fraction of sp³-hybridized carbons (Fsp3) is 0.444. The van der Waals surface area contributed by atoms with Crippen molar-refractivity contribution in [2.45, 2.75) is 44.4 Å². The molecule has 1 heterocycles. The van der Waals surface area contributed by atoms with Crippen LogP contribution < -0.4 is 5.32 Å². The van der Waals surface area contributed by atoms with Gasteiger partial charge in [0.25, 0.3) is 0 Å². The van der Waals surface area contributed by atoms with Crippen molar-refractivity contribution in [2.24, 2.45) is 0 Å². The average molecular weight is 392 g/mol. The van der Waals surface area contributed by atoms with E-state index in [1.807, 2.05) is 30.3 Å². The van der Waals surface area contributed by atoms with Crippen molar-refractivity contribution in [1.82, 2.24) is 20.3 Å². The molecule has 27 heavy (non-hydrogen) atoms. The molecule has 0 fully saturated rings. The van der Waals surface area contributed by atoms with Crippen LogP contribution in [0.25, 0.3) is 0 Å². The molecular formula is C18H24N4O4S. The first-order valence-corrected chi connectivity index (χ1v) is 9.51. The number of carboxylic acids is 1. The quantitative estimate of drug-likeness (QED) is 0.494. The molecule has 146 valence electrons. The summed E-state index contributed by atoms with van der Waals surface area (Å²) < 4.78 is 5.19. The van der Waals surface area contributed by atoms with Gasteiger partial charge in [-0.15, -0.1) is 16.9 Å². The zero-order valence-electron chi connectivity index (χ0n) is 15.6. The number of esters is 1. The van der Waals surface area contributed by atoms with E-state index in [4.69, 9.17) is 4.74 Å². The zero-order chi connectivity index (χ0) is 19.9. The lowest BCUT2D eigenvalue weighted by Gasteiger charge is -2.19. The second-order valence-corrected chi connectivity index (χ2v) is 7.92. The summed E-state index contributed by atoms with van der Waals surface area (Å²) in [5.41, 5.74) is -0.392. The van der Waals surface area contributed by atoms with E-state index < -0.39 is 17.5 Å². The van der Waals surface area contributed by atoms with Gasteiger partial charge in [-0.1, -0.05) is 18.2 Å². The molecule has 0 radical (unpaired) electrons. The molecule has 2 rings (SSSR count). The molecule has 0 atom stereocenters. The van der Waals surface area contributed by atoms with Crippen LogP contribution in [-0.2, 0) is 22.6 Å². The highest BCUT2D eigenvalue weighted by Gasteiger charge is 2.19. The Bertz CT molecular complexity index is 771. The molecule has 8 nitrogen and oxygen atoms in total. The summed E-state index contributed by atoms with van der Waals surface area (Å²) in [5, 5.41) is 20.4. The summed E-state index contributed by atoms with van der Waals surface area (Å²) in [6.07, 6.45) is 0. The molecule has 0 unspecified atom stereocenters. The predicted molar refractivity (Wildman–Crippen MR) is 102 cm³/mol. The first kappa shape index (κ1) is 20.9. The number of nitrogens with zero attached hydrogens (tertiary/aromatic N) is 3. The van der Waals surface area contributed by atoms with Gasteiger partial charge in [-0.25, -0.2) is 4.79 Å². The first-order valence-electron chi connectivity index (χ1n) is 8.52. The van der Waals surface area contributed by atoms with Crippen molar-refractivity contribution in [3.8, 4) is 0 Å². The number of aromatic nitrogens is 3. The van der Waals surface area contributed by atoms with Crippen LogP contribution in [0.1, 0.15) is 37.0 Å². The van der Waals surface area contributed by atoms with E-state index >= 15 is 0 Å². The molecule has 0 bridgehead atoms. The number of carboxylic acid groups (broad SMARTS) is 1. The summed E-state index contributed by atoms with van der Waals surface area (Å²) in [7, 11) is 0. The second-order valence-electron chi connectivity index (χ2n) is 6.75.